The van der Waals surface area contributed by atoms with Gasteiger partial charge in [-0.3, -0.25) is 14.2 Å². The number of carbonyl (C=O) groups is 1. The number of aromatic nitrogens is 4. The average molecular weight is 390 g/mol. The molecule has 0 radical (unpaired) electrons. The number of halogens is 4. The van der Waals surface area contributed by atoms with Crippen LogP contribution in [0.4, 0.5) is 13.2 Å². The number of nitrogens with zero attached hydrogens (tertiary/aromatic N) is 4. The zero-order valence-electron chi connectivity index (χ0n) is 14.0. The number of aryl methyl sites for hydroxylation is 2. The first-order valence-corrected chi connectivity index (χ1v) is 8.81. The molecule has 2 aromatic rings. The highest BCUT2D eigenvalue weighted by molar-refractivity contribution is 6.32. The molecule has 0 atom stereocenters. The summed E-state index contributed by atoms with van der Waals surface area (Å²) in [5.74, 6) is -0.226. The Bertz CT molecular complexity index is 753. The van der Waals surface area contributed by atoms with E-state index >= 15 is 0 Å². The number of alkyl halides is 3. The SMILES string of the molecule is O=C(CCn1nc(C(F)(F)F)c(Cl)c1C1CC1)NCCCn1cccn1. The molecule has 1 saturated carbocycles. The Balaban J connectivity index is 1.51. The van der Waals surface area contributed by atoms with Crippen LogP contribution in [-0.2, 0) is 24.1 Å². The van der Waals surface area contributed by atoms with E-state index in [2.05, 4.69) is 15.5 Å². The van der Waals surface area contributed by atoms with Crippen molar-refractivity contribution in [2.45, 2.75) is 50.9 Å². The molecular weight excluding hydrogens is 371 g/mol. The molecule has 0 aliphatic heterocycles. The summed E-state index contributed by atoms with van der Waals surface area (Å²) in [6, 6.07) is 1.82. The molecule has 0 aromatic carbocycles. The van der Waals surface area contributed by atoms with Crippen LogP contribution >= 0.6 is 11.6 Å². The molecule has 0 bridgehead atoms. The maximum atomic E-state index is 13.0. The van der Waals surface area contributed by atoms with Crippen molar-refractivity contribution in [3.63, 3.8) is 0 Å². The van der Waals surface area contributed by atoms with Crippen molar-refractivity contribution in [1.29, 1.82) is 0 Å². The van der Waals surface area contributed by atoms with E-state index in [0.29, 0.717) is 25.2 Å². The van der Waals surface area contributed by atoms with E-state index in [4.69, 9.17) is 11.6 Å². The fourth-order valence-electron chi connectivity index (χ4n) is 2.75. The Morgan fingerprint density at radius 3 is 2.73 bits per heavy atom. The predicted molar refractivity (Wildman–Crippen MR) is 88.7 cm³/mol. The van der Waals surface area contributed by atoms with Gasteiger partial charge >= 0.3 is 6.18 Å². The molecule has 1 fully saturated rings. The standard InChI is InChI=1S/C16H19ClF3N5O/c17-13-14(11-3-4-11)25(23-15(13)16(18,19)20)10-5-12(26)21-6-1-8-24-9-2-7-22-24/h2,7,9,11H,1,3-6,8,10H2,(H,21,26). The van der Waals surface area contributed by atoms with Crippen LogP contribution in [0.15, 0.2) is 18.5 Å². The molecule has 3 rings (SSSR count). The molecule has 26 heavy (non-hydrogen) atoms. The van der Waals surface area contributed by atoms with E-state index in [0.717, 1.165) is 12.8 Å². The van der Waals surface area contributed by atoms with Crippen LogP contribution in [0.2, 0.25) is 5.02 Å². The largest absolute Gasteiger partial charge is 0.436 e. The van der Waals surface area contributed by atoms with Crippen LogP contribution in [0.3, 0.4) is 0 Å². The Kier molecular flexibility index (Phi) is 5.55. The van der Waals surface area contributed by atoms with Gasteiger partial charge in [0, 0.05) is 37.8 Å². The number of hydrogen-bond donors (Lipinski definition) is 1. The summed E-state index contributed by atoms with van der Waals surface area (Å²) in [7, 11) is 0. The molecule has 0 unspecified atom stereocenters. The number of nitrogens with one attached hydrogen (secondary N) is 1. The number of rotatable bonds is 8. The third-order valence-corrected chi connectivity index (χ3v) is 4.53. The second-order valence-electron chi connectivity index (χ2n) is 6.27. The van der Waals surface area contributed by atoms with Gasteiger partial charge in [0.2, 0.25) is 5.91 Å². The molecule has 2 aromatic heterocycles. The minimum Gasteiger partial charge on any atom is -0.356 e. The minimum absolute atomic E-state index is 0.00299. The van der Waals surface area contributed by atoms with Crippen molar-refractivity contribution in [1.82, 2.24) is 24.9 Å². The van der Waals surface area contributed by atoms with Crippen LogP contribution in [-0.4, -0.2) is 32.0 Å². The third kappa shape index (κ3) is 4.57. The normalized spacial score (nSPS) is 14.6. The number of amides is 1. The second kappa shape index (κ2) is 7.69. The monoisotopic (exact) mass is 389 g/mol. The molecule has 2 heterocycles. The van der Waals surface area contributed by atoms with Gasteiger partial charge in [0.25, 0.3) is 0 Å². The van der Waals surface area contributed by atoms with Gasteiger partial charge in [-0.15, -0.1) is 0 Å². The second-order valence-corrected chi connectivity index (χ2v) is 6.64. The molecule has 1 amide bonds. The number of carbonyl (C=O) groups excluding carboxylic acids is 1. The zero-order valence-corrected chi connectivity index (χ0v) is 14.7. The maximum absolute atomic E-state index is 13.0. The summed E-state index contributed by atoms with van der Waals surface area (Å²) >= 11 is 5.90. The fraction of sp³-hybridized carbons (Fsp3) is 0.562. The van der Waals surface area contributed by atoms with Crippen molar-refractivity contribution in [3.05, 3.63) is 34.9 Å². The molecule has 0 spiro atoms. The summed E-state index contributed by atoms with van der Waals surface area (Å²) in [4.78, 5) is 11.9. The maximum Gasteiger partial charge on any atom is 0.436 e. The fourth-order valence-corrected chi connectivity index (χ4v) is 3.15. The van der Waals surface area contributed by atoms with E-state index in [1.807, 2.05) is 12.3 Å². The van der Waals surface area contributed by atoms with Crippen LogP contribution in [0.1, 0.15) is 43.0 Å². The minimum atomic E-state index is -4.60. The smallest absolute Gasteiger partial charge is 0.356 e. The topological polar surface area (TPSA) is 64.7 Å². The van der Waals surface area contributed by atoms with E-state index in [1.54, 1.807) is 10.9 Å². The lowest BCUT2D eigenvalue weighted by Crippen LogP contribution is -2.26. The lowest BCUT2D eigenvalue weighted by atomic mass is 10.2. The Morgan fingerprint density at radius 1 is 1.35 bits per heavy atom. The van der Waals surface area contributed by atoms with Gasteiger partial charge < -0.3 is 5.32 Å². The number of hydrogen-bond acceptors (Lipinski definition) is 3. The van der Waals surface area contributed by atoms with Crippen molar-refractivity contribution >= 4 is 17.5 Å². The van der Waals surface area contributed by atoms with Crippen molar-refractivity contribution < 1.29 is 18.0 Å². The van der Waals surface area contributed by atoms with Crippen molar-refractivity contribution in [3.8, 4) is 0 Å². The summed E-state index contributed by atoms with van der Waals surface area (Å²) in [5, 5.41) is 10.1. The molecule has 142 valence electrons. The first-order chi connectivity index (χ1) is 12.4. The molecule has 1 N–H and O–H groups in total. The molecule has 0 saturated heterocycles. The Morgan fingerprint density at radius 2 is 2.12 bits per heavy atom. The highest BCUT2D eigenvalue weighted by atomic mass is 35.5. The van der Waals surface area contributed by atoms with Crippen molar-refractivity contribution in [2.75, 3.05) is 6.54 Å². The summed E-state index contributed by atoms with van der Waals surface area (Å²) in [6.07, 6.45) is 1.27. The van der Waals surface area contributed by atoms with Gasteiger partial charge in [0.15, 0.2) is 5.69 Å². The van der Waals surface area contributed by atoms with E-state index < -0.39 is 11.9 Å². The Hall–Kier alpha value is -2.03. The van der Waals surface area contributed by atoms with E-state index in [1.165, 1.54) is 4.68 Å². The molecule has 1 aliphatic rings. The molecule has 1 aliphatic carbocycles. The van der Waals surface area contributed by atoms with Gasteiger partial charge in [-0.2, -0.15) is 23.4 Å². The molecule has 10 heteroatoms. The van der Waals surface area contributed by atoms with Gasteiger partial charge in [0.1, 0.15) is 0 Å². The lowest BCUT2D eigenvalue weighted by Gasteiger charge is -2.08. The highest BCUT2D eigenvalue weighted by Gasteiger charge is 2.41. The quantitative estimate of drug-likeness (QED) is 0.705. The predicted octanol–water partition coefficient (Wildman–Crippen LogP) is 3.23. The summed E-state index contributed by atoms with van der Waals surface area (Å²) < 4.78 is 42.0. The zero-order chi connectivity index (χ0) is 18.7. The van der Waals surface area contributed by atoms with Gasteiger partial charge in [-0.05, 0) is 25.3 Å². The molecular formula is C16H19ClF3N5O. The Labute approximate surface area is 153 Å². The third-order valence-electron chi connectivity index (χ3n) is 4.16. The van der Waals surface area contributed by atoms with Crippen LogP contribution < -0.4 is 5.32 Å². The highest BCUT2D eigenvalue weighted by Crippen LogP contribution is 2.46. The lowest BCUT2D eigenvalue weighted by molar-refractivity contribution is -0.141. The summed E-state index contributed by atoms with van der Waals surface area (Å²) in [5.41, 5.74) is -0.675. The van der Waals surface area contributed by atoms with Gasteiger partial charge in [-0.25, -0.2) is 0 Å². The van der Waals surface area contributed by atoms with E-state index in [-0.39, 0.29) is 29.8 Å². The van der Waals surface area contributed by atoms with E-state index in [9.17, 15) is 18.0 Å². The van der Waals surface area contributed by atoms with Crippen LogP contribution in [0.5, 0.6) is 0 Å². The van der Waals surface area contributed by atoms with Gasteiger partial charge in [-0.1, -0.05) is 11.6 Å². The summed E-state index contributed by atoms with van der Waals surface area (Å²) in [6.45, 7) is 1.23. The van der Waals surface area contributed by atoms with Crippen LogP contribution in [0, 0.1) is 0 Å². The first-order valence-electron chi connectivity index (χ1n) is 8.44. The average Bonchev–Trinajstić information content (AvgIpc) is 3.14. The van der Waals surface area contributed by atoms with Crippen LogP contribution in [0.25, 0.3) is 0 Å². The first kappa shape index (κ1) is 18.8. The van der Waals surface area contributed by atoms with Gasteiger partial charge in [0.05, 0.1) is 17.3 Å². The van der Waals surface area contributed by atoms with Crippen molar-refractivity contribution in [2.24, 2.45) is 0 Å². The molecule has 6 nitrogen and oxygen atoms in total.